The van der Waals surface area contributed by atoms with Gasteiger partial charge in [-0.1, -0.05) is 11.6 Å². The van der Waals surface area contributed by atoms with Gasteiger partial charge in [0.05, 0.1) is 10.7 Å². The van der Waals surface area contributed by atoms with Gasteiger partial charge in [0.1, 0.15) is 0 Å². The number of nitrogens with two attached hydrogens (primary N) is 1. The molecule has 0 fully saturated rings. The van der Waals surface area contributed by atoms with Gasteiger partial charge in [-0.3, -0.25) is 9.48 Å². The van der Waals surface area contributed by atoms with Crippen LogP contribution in [0.3, 0.4) is 0 Å². The maximum Gasteiger partial charge on any atom is 0.276 e. The van der Waals surface area contributed by atoms with Crippen molar-refractivity contribution in [3.63, 3.8) is 0 Å². The number of hydrogen-bond donors (Lipinski definition) is 2. The van der Waals surface area contributed by atoms with Gasteiger partial charge in [0, 0.05) is 18.9 Å². The van der Waals surface area contributed by atoms with E-state index in [2.05, 4.69) is 10.4 Å². The highest BCUT2D eigenvalue weighted by molar-refractivity contribution is 6.33. The molecule has 0 spiro atoms. The molecule has 0 aliphatic heterocycles. The smallest absolute Gasteiger partial charge is 0.276 e. The number of nitrogen functional groups attached to an aromatic ring is 1. The van der Waals surface area contributed by atoms with Crippen molar-refractivity contribution in [1.29, 1.82) is 0 Å². The van der Waals surface area contributed by atoms with Crippen LogP contribution in [0, 0.1) is 0 Å². The lowest BCUT2D eigenvalue weighted by Gasteiger charge is -2.05. The maximum absolute atomic E-state index is 11.8. The van der Waals surface area contributed by atoms with E-state index in [4.69, 9.17) is 17.3 Å². The zero-order chi connectivity index (χ0) is 12.4. The summed E-state index contributed by atoms with van der Waals surface area (Å²) in [6.45, 7) is 0. The van der Waals surface area contributed by atoms with Crippen LogP contribution in [0.4, 0.5) is 11.4 Å². The van der Waals surface area contributed by atoms with Crippen molar-refractivity contribution in [2.24, 2.45) is 7.05 Å². The lowest BCUT2D eigenvalue weighted by Crippen LogP contribution is -2.13. The summed E-state index contributed by atoms with van der Waals surface area (Å²) in [6, 6.07) is 6.54. The molecule has 1 amide bonds. The minimum absolute atomic E-state index is 0.285. The van der Waals surface area contributed by atoms with Gasteiger partial charge in [-0.05, 0) is 24.3 Å². The van der Waals surface area contributed by atoms with Crippen molar-refractivity contribution in [3.8, 4) is 0 Å². The summed E-state index contributed by atoms with van der Waals surface area (Å²) in [7, 11) is 1.75. The van der Waals surface area contributed by atoms with Gasteiger partial charge in [-0.15, -0.1) is 0 Å². The Morgan fingerprint density at radius 3 is 2.82 bits per heavy atom. The Kier molecular flexibility index (Phi) is 3.01. The van der Waals surface area contributed by atoms with E-state index in [1.165, 1.54) is 0 Å². The SMILES string of the molecule is Cn1ccc(C(=O)Nc2ccc(Cl)c(N)c2)n1. The van der Waals surface area contributed by atoms with Gasteiger partial charge < -0.3 is 11.1 Å². The highest BCUT2D eigenvalue weighted by atomic mass is 35.5. The second-order valence-corrected chi connectivity index (χ2v) is 3.97. The van der Waals surface area contributed by atoms with Gasteiger partial charge in [-0.25, -0.2) is 0 Å². The number of carbonyl (C=O) groups excluding carboxylic acids is 1. The minimum atomic E-state index is -0.285. The summed E-state index contributed by atoms with van der Waals surface area (Å²) in [6.07, 6.45) is 1.70. The lowest BCUT2D eigenvalue weighted by atomic mass is 10.2. The topological polar surface area (TPSA) is 72.9 Å². The highest BCUT2D eigenvalue weighted by Gasteiger charge is 2.09. The quantitative estimate of drug-likeness (QED) is 0.800. The summed E-state index contributed by atoms with van der Waals surface area (Å²) < 4.78 is 1.56. The van der Waals surface area contributed by atoms with Crippen LogP contribution in [0.5, 0.6) is 0 Å². The van der Waals surface area contributed by atoms with Crippen LogP contribution < -0.4 is 11.1 Å². The van der Waals surface area contributed by atoms with E-state index in [0.717, 1.165) is 0 Å². The van der Waals surface area contributed by atoms with E-state index in [1.54, 1.807) is 42.2 Å². The molecule has 2 aromatic rings. The van der Waals surface area contributed by atoms with Crippen LogP contribution in [0.15, 0.2) is 30.5 Å². The van der Waals surface area contributed by atoms with Crippen LogP contribution in [-0.2, 0) is 7.05 Å². The second-order valence-electron chi connectivity index (χ2n) is 3.57. The molecule has 0 radical (unpaired) electrons. The number of halogens is 1. The summed E-state index contributed by atoms with van der Waals surface area (Å²) >= 11 is 5.78. The monoisotopic (exact) mass is 250 g/mol. The Labute approximate surface area is 103 Å². The Morgan fingerprint density at radius 1 is 1.47 bits per heavy atom. The predicted molar refractivity (Wildman–Crippen MR) is 67.0 cm³/mol. The average molecular weight is 251 g/mol. The number of aromatic nitrogens is 2. The molecule has 88 valence electrons. The molecule has 1 aromatic heterocycles. The Hall–Kier alpha value is -2.01. The number of nitrogens with one attached hydrogen (secondary N) is 1. The van der Waals surface area contributed by atoms with E-state index in [-0.39, 0.29) is 5.91 Å². The number of hydrogen-bond acceptors (Lipinski definition) is 3. The molecule has 1 aromatic carbocycles. The molecular weight excluding hydrogens is 240 g/mol. The molecule has 2 rings (SSSR count). The molecule has 0 saturated carbocycles. The van der Waals surface area contributed by atoms with E-state index in [1.807, 2.05) is 0 Å². The van der Waals surface area contributed by atoms with Crippen molar-refractivity contribution < 1.29 is 4.79 Å². The minimum Gasteiger partial charge on any atom is -0.397 e. The number of nitrogens with zero attached hydrogens (tertiary/aromatic N) is 2. The van der Waals surface area contributed by atoms with Crippen LogP contribution in [0.2, 0.25) is 5.02 Å². The third-order valence-electron chi connectivity index (χ3n) is 2.20. The second kappa shape index (κ2) is 4.47. The van der Waals surface area contributed by atoms with Gasteiger partial charge in [0.25, 0.3) is 5.91 Å². The molecule has 17 heavy (non-hydrogen) atoms. The molecule has 3 N–H and O–H groups in total. The predicted octanol–water partition coefficient (Wildman–Crippen LogP) is 1.91. The zero-order valence-corrected chi connectivity index (χ0v) is 9.90. The molecule has 6 heteroatoms. The van der Waals surface area contributed by atoms with E-state index >= 15 is 0 Å². The number of benzene rings is 1. The fraction of sp³-hybridized carbons (Fsp3) is 0.0909. The lowest BCUT2D eigenvalue weighted by molar-refractivity contribution is 0.102. The molecular formula is C11H11ClN4O. The first kappa shape index (κ1) is 11.5. The standard InChI is InChI=1S/C11H11ClN4O/c1-16-5-4-10(15-16)11(17)14-7-2-3-8(12)9(13)6-7/h2-6H,13H2,1H3,(H,14,17). The van der Waals surface area contributed by atoms with E-state index in [9.17, 15) is 4.79 Å². The molecule has 0 atom stereocenters. The van der Waals surface area contributed by atoms with Gasteiger partial charge in [0.2, 0.25) is 0 Å². The Morgan fingerprint density at radius 2 is 2.24 bits per heavy atom. The fourth-order valence-corrected chi connectivity index (χ4v) is 1.47. The Bertz CT molecular complexity index is 564. The molecule has 0 saturated heterocycles. The summed E-state index contributed by atoms with van der Waals surface area (Å²) in [4.78, 5) is 11.8. The molecule has 0 bridgehead atoms. The zero-order valence-electron chi connectivity index (χ0n) is 9.14. The first-order chi connectivity index (χ1) is 8.06. The highest BCUT2D eigenvalue weighted by Crippen LogP contribution is 2.22. The third-order valence-corrected chi connectivity index (χ3v) is 2.54. The summed E-state index contributed by atoms with van der Waals surface area (Å²) in [5, 5.41) is 7.14. The molecule has 0 aliphatic carbocycles. The number of aryl methyl sites for hydroxylation is 1. The van der Waals surface area contributed by atoms with Gasteiger partial charge in [-0.2, -0.15) is 5.10 Å². The van der Waals surface area contributed by atoms with Crippen LogP contribution in [-0.4, -0.2) is 15.7 Å². The van der Waals surface area contributed by atoms with Gasteiger partial charge in [0.15, 0.2) is 5.69 Å². The van der Waals surface area contributed by atoms with Crippen LogP contribution in [0.25, 0.3) is 0 Å². The van der Waals surface area contributed by atoms with Crippen molar-refractivity contribution in [2.45, 2.75) is 0 Å². The van der Waals surface area contributed by atoms with Crippen molar-refractivity contribution in [1.82, 2.24) is 9.78 Å². The number of carbonyl (C=O) groups is 1. The third kappa shape index (κ3) is 2.57. The number of anilines is 2. The van der Waals surface area contributed by atoms with Crippen molar-refractivity contribution >= 4 is 28.9 Å². The maximum atomic E-state index is 11.8. The molecule has 0 aliphatic rings. The number of amides is 1. The number of rotatable bonds is 2. The summed E-state index contributed by atoms with van der Waals surface area (Å²) in [5.74, 6) is -0.285. The fourth-order valence-electron chi connectivity index (χ4n) is 1.35. The molecule has 0 unspecified atom stereocenters. The largest absolute Gasteiger partial charge is 0.397 e. The average Bonchev–Trinajstić information content (AvgIpc) is 2.70. The van der Waals surface area contributed by atoms with E-state index in [0.29, 0.717) is 22.1 Å². The van der Waals surface area contributed by atoms with Crippen molar-refractivity contribution in [2.75, 3.05) is 11.1 Å². The van der Waals surface area contributed by atoms with E-state index < -0.39 is 0 Å². The first-order valence-electron chi connectivity index (χ1n) is 4.92. The Balaban J connectivity index is 2.15. The van der Waals surface area contributed by atoms with Crippen molar-refractivity contribution in [3.05, 3.63) is 41.2 Å². The molecule has 5 nitrogen and oxygen atoms in total. The summed E-state index contributed by atoms with van der Waals surface area (Å²) in [5.41, 5.74) is 6.99. The van der Waals surface area contributed by atoms with Gasteiger partial charge >= 0.3 is 0 Å². The van der Waals surface area contributed by atoms with Crippen LogP contribution in [0.1, 0.15) is 10.5 Å². The first-order valence-corrected chi connectivity index (χ1v) is 5.30. The van der Waals surface area contributed by atoms with Crippen LogP contribution >= 0.6 is 11.6 Å². The molecule has 1 heterocycles. The normalized spacial score (nSPS) is 10.2.